The first-order valence-electron chi connectivity index (χ1n) is 24.6. The maximum absolute atomic E-state index is 13.1. The van der Waals surface area contributed by atoms with Gasteiger partial charge < -0.3 is 35.4 Å². The van der Waals surface area contributed by atoms with E-state index in [2.05, 4.69) is 46.2 Å². The minimum Gasteiger partial charge on any atom is -0.390 e. The number of nitrogens with one attached hydrogen (secondary N) is 3. The molecule has 0 saturated heterocycles. The predicted molar refractivity (Wildman–Crippen MR) is 286 cm³/mol. The number of carbonyl (C=O) groups is 4. The minimum absolute atomic E-state index is 0.0421. The Labute approximate surface area is 450 Å². The van der Waals surface area contributed by atoms with Crippen LogP contribution < -0.4 is 16.0 Å². The Morgan fingerprint density at radius 3 is 1.18 bits per heavy atom. The third-order valence-corrected chi connectivity index (χ3v) is 11.3. The Morgan fingerprint density at radius 1 is 0.506 bits per heavy atom. The van der Waals surface area contributed by atoms with Crippen LogP contribution in [0.3, 0.4) is 0 Å². The van der Waals surface area contributed by atoms with E-state index < -0.39 is 6.43 Å². The number of aldehydes is 1. The average molecular weight is 1080 g/mol. The van der Waals surface area contributed by atoms with Gasteiger partial charge in [-0.25, -0.2) is 50.9 Å². The first-order valence-corrected chi connectivity index (χ1v) is 24.6. The highest BCUT2D eigenvalue weighted by molar-refractivity contribution is 5.77. The van der Waals surface area contributed by atoms with Crippen molar-refractivity contribution >= 4 is 58.2 Å². The lowest BCUT2D eigenvalue weighted by Gasteiger charge is -2.11. The van der Waals surface area contributed by atoms with Crippen LogP contribution in [0.1, 0.15) is 85.0 Å². The lowest BCUT2D eigenvalue weighted by molar-refractivity contribution is -0.117. The van der Waals surface area contributed by atoms with Gasteiger partial charge in [0, 0.05) is 54.9 Å². The zero-order valence-corrected chi connectivity index (χ0v) is 43.0. The molecule has 22 heteroatoms. The molecule has 0 unspecified atom stereocenters. The second-order valence-electron chi connectivity index (χ2n) is 17.9. The third-order valence-electron chi connectivity index (χ3n) is 11.3. The van der Waals surface area contributed by atoms with Gasteiger partial charge in [0.2, 0.25) is 0 Å². The molecule has 0 bridgehead atoms. The molecular formula is C57H53F5N12O5. The molecule has 9 rings (SSSR count). The number of hydrogen-bond acceptors (Lipinski definition) is 14. The molecule has 0 fully saturated rings. The summed E-state index contributed by atoms with van der Waals surface area (Å²) < 4.78 is 69.2. The van der Waals surface area contributed by atoms with E-state index in [0.29, 0.717) is 108 Å². The van der Waals surface area contributed by atoms with Gasteiger partial charge >= 0.3 is 0 Å². The molecule has 4 N–H and O–H groups in total. The Balaban J connectivity index is 0.000000172. The van der Waals surface area contributed by atoms with Crippen molar-refractivity contribution in [2.45, 2.75) is 72.3 Å². The summed E-state index contributed by atoms with van der Waals surface area (Å²) in [6.45, 7) is 4.45. The lowest BCUT2D eigenvalue weighted by atomic mass is 10.1. The second kappa shape index (κ2) is 27.5. The Hall–Kier alpha value is -9.57. The summed E-state index contributed by atoms with van der Waals surface area (Å²) in [6, 6.07) is 33.0. The summed E-state index contributed by atoms with van der Waals surface area (Å²) in [6.07, 6.45) is 5.55. The SMILES string of the molecule is CC(=O)CCc1cc(Nc2ccc(F)cc2)nc(-n2ccc(C(F)F)n2)c1.CC(=O)CCc1cc(Nc2ccc(F)cc2)nc(-n2ccc(C=O)n2)c1.CC(=O)CCc1cc(Nc2ccc(F)cc2)nc(-n2ccc(CO)n2)c1. The standard InChI is InChI=1S/C19H17F3N4O.C19H19FN4O2.C19H17FN4O2/c1-12(27)2-3-13-10-17(23-15-6-4-14(20)5-7-15)24-18(11-13)26-9-8-16(25-26)19(21)22;2*1-13(26)2-3-14-10-18(21-16-6-4-15(20)5-7-16)22-19(11-14)24-9-8-17(12-25)23-24/h4-11,19H,2-3H2,1H3,(H,23,24);4-11,25H,2-3,12H2,1H3,(H,21,22);4-12H,2-3H2,1H3,(H,21,22). The highest BCUT2D eigenvalue weighted by atomic mass is 19.3. The summed E-state index contributed by atoms with van der Waals surface area (Å²) >= 11 is 0. The van der Waals surface area contributed by atoms with E-state index in [1.165, 1.54) is 64.9 Å². The van der Waals surface area contributed by atoms with Crippen molar-refractivity contribution in [1.82, 2.24) is 44.3 Å². The second-order valence-corrected chi connectivity index (χ2v) is 17.9. The highest BCUT2D eigenvalue weighted by Gasteiger charge is 2.15. The number of alkyl halides is 2. The zero-order valence-electron chi connectivity index (χ0n) is 43.0. The number of carbonyl (C=O) groups excluding carboxylic acids is 4. The van der Waals surface area contributed by atoms with Gasteiger partial charge in [-0.2, -0.15) is 15.3 Å². The van der Waals surface area contributed by atoms with E-state index in [0.717, 1.165) is 16.7 Å². The van der Waals surface area contributed by atoms with E-state index in [1.54, 1.807) is 91.6 Å². The number of halogens is 5. The van der Waals surface area contributed by atoms with E-state index in [1.807, 2.05) is 24.3 Å². The summed E-state index contributed by atoms with van der Waals surface area (Å²) in [4.78, 5) is 58.2. The molecule has 0 spiro atoms. The van der Waals surface area contributed by atoms with Gasteiger partial charge in [-0.3, -0.25) is 4.79 Å². The summed E-state index contributed by atoms with van der Waals surface area (Å²) in [5.74, 6) is 2.21. The van der Waals surface area contributed by atoms with E-state index in [9.17, 15) is 46.2 Å². The van der Waals surface area contributed by atoms with E-state index in [-0.39, 0.29) is 47.1 Å². The third kappa shape index (κ3) is 17.8. The molecule has 0 radical (unpaired) electrons. The number of anilines is 6. The molecule has 0 amide bonds. The smallest absolute Gasteiger partial charge is 0.282 e. The van der Waals surface area contributed by atoms with Crippen molar-refractivity contribution in [3.05, 3.63) is 197 Å². The maximum atomic E-state index is 13.1. The molecule has 3 aromatic carbocycles. The van der Waals surface area contributed by atoms with Crippen LogP contribution in [-0.2, 0) is 40.3 Å². The first-order chi connectivity index (χ1) is 38.0. The Morgan fingerprint density at radius 2 is 0.861 bits per heavy atom. The molecule has 0 atom stereocenters. The number of rotatable bonds is 21. The number of nitrogens with zero attached hydrogens (tertiary/aromatic N) is 9. The number of hydrogen-bond donors (Lipinski definition) is 4. The van der Waals surface area contributed by atoms with Crippen molar-refractivity contribution in [1.29, 1.82) is 0 Å². The summed E-state index contributed by atoms with van der Waals surface area (Å²) in [7, 11) is 0. The number of aryl methyl sites for hydroxylation is 3. The number of Topliss-reactive ketones (excluding diaryl/α,β-unsaturated/α-hetero) is 3. The van der Waals surface area contributed by atoms with Crippen LogP contribution in [0.15, 0.2) is 146 Å². The fourth-order valence-electron chi connectivity index (χ4n) is 7.38. The van der Waals surface area contributed by atoms with Gasteiger partial charge in [0.1, 0.15) is 63.6 Å². The van der Waals surface area contributed by atoms with Gasteiger partial charge in [-0.1, -0.05) is 0 Å². The minimum atomic E-state index is -2.68. The normalized spacial score (nSPS) is 10.8. The number of aromatic nitrogens is 9. The molecule has 0 aliphatic carbocycles. The van der Waals surface area contributed by atoms with Gasteiger partial charge in [0.05, 0.1) is 12.3 Å². The molecule has 6 heterocycles. The number of aliphatic hydroxyl groups excluding tert-OH is 1. The van der Waals surface area contributed by atoms with Gasteiger partial charge in [-0.05, 0) is 184 Å². The van der Waals surface area contributed by atoms with Crippen LogP contribution in [0, 0.1) is 17.5 Å². The number of pyridine rings is 3. The highest BCUT2D eigenvalue weighted by Crippen LogP contribution is 2.25. The first kappa shape index (κ1) is 57.1. The van der Waals surface area contributed by atoms with Gasteiger partial charge in [-0.15, -0.1) is 0 Å². The topological polar surface area (TPSA) is 217 Å². The van der Waals surface area contributed by atoms with Crippen LogP contribution in [0.5, 0.6) is 0 Å². The van der Waals surface area contributed by atoms with Crippen LogP contribution >= 0.6 is 0 Å². The molecule has 0 aliphatic heterocycles. The van der Waals surface area contributed by atoms with Crippen LogP contribution in [0.2, 0.25) is 0 Å². The Kier molecular flexibility index (Phi) is 19.9. The zero-order chi connectivity index (χ0) is 56.4. The number of benzene rings is 3. The monoisotopic (exact) mass is 1080 g/mol. The van der Waals surface area contributed by atoms with Gasteiger partial charge in [0.25, 0.3) is 6.43 Å². The predicted octanol–water partition coefficient (Wildman–Crippen LogP) is 11.3. The largest absolute Gasteiger partial charge is 0.390 e. The average Bonchev–Trinajstić information content (AvgIpc) is 4.25. The quantitative estimate of drug-likeness (QED) is 0.0389. The van der Waals surface area contributed by atoms with Crippen LogP contribution in [0.25, 0.3) is 17.5 Å². The maximum Gasteiger partial charge on any atom is 0.282 e. The summed E-state index contributed by atoms with van der Waals surface area (Å²) in [5.41, 5.74) is 5.12. The number of ketones is 3. The fraction of sp³-hybridized carbons (Fsp3) is 0.193. The Bertz CT molecular complexity index is 3510. The van der Waals surface area contributed by atoms with Gasteiger partial charge in [0.15, 0.2) is 23.7 Å². The van der Waals surface area contributed by atoms with Crippen molar-refractivity contribution in [2.24, 2.45) is 0 Å². The van der Waals surface area contributed by atoms with Crippen LogP contribution in [0.4, 0.5) is 56.5 Å². The van der Waals surface area contributed by atoms with Crippen molar-refractivity contribution in [3.63, 3.8) is 0 Å². The molecular weight excluding hydrogens is 1030 g/mol. The molecule has 79 heavy (non-hydrogen) atoms. The summed E-state index contributed by atoms with van der Waals surface area (Å²) in [5, 5.41) is 30.7. The van der Waals surface area contributed by atoms with Crippen LogP contribution in [-0.4, -0.2) is 73.0 Å². The number of aliphatic hydroxyl groups is 1. The molecule has 0 saturated carbocycles. The molecule has 6 aromatic heterocycles. The van der Waals surface area contributed by atoms with Crippen molar-refractivity contribution in [3.8, 4) is 17.5 Å². The van der Waals surface area contributed by atoms with E-state index in [4.69, 9.17) is 0 Å². The molecule has 9 aromatic rings. The molecule has 406 valence electrons. The molecule has 17 nitrogen and oxygen atoms in total. The fourth-order valence-corrected chi connectivity index (χ4v) is 7.38. The van der Waals surface area contributed by atoms with Crippen molar-refractivity contribution in [2.75, 3.05) is 16.0 Å². The molecule has 0 aliphatic rings. The lowest BCUT2D eigenvalue weighted by Crippen LogP contribution is -2.05. The van der Waals surface area contributed by atoms with E-state index >= 15 is 0 Å². The van der Waals surface area contributed by atoms with Crippen molar-refractivity contribution < 1.29 is 46.2 Å².